The lowest BCUT2D eigenvalue weighted by molar-refractivity contribution is 0.0508. The summed E-state index contributed by atoms with van der Waals surface area (Å²) in [6, 6.07) is 7.34. The molecule has 0 aliphatic heterocycles. The number of benzene rings is 1. The van der Waals surface area contributed by atoms with Crippen LogP contribution in [0, 0.1) is 6.92 Å². The Kier molecular flexibility index (Phi) is 7.46. The number of carbonyl (C=O) groups excluding carboxylic acids is 1. The highest BCUT2D eigenvalue weighted by Crippen LogP contribution is 2.59. The molecule has 1 rings (SSSR count). The molecular formula is C17H28NO5P. The van der Waals surface area contributed by atoms with Gasteiger partial charge >= 0.3 is 13.7 Å². The zero-order valence-corrected chi connectivity index (χ0v) is 16.2. The largest absolute Gasteiger partial charge is 0.444 e. The first-order chi connectivity index (χ1) is 11.1. The quantitative estimate of drug-likeness (QED) is 0.711. The lowest BCUT2D eigenvalue weighted by atomic mass is 10.1. The van der Waals surface area contributed by atoms with Crippen LogP contribution in [-0.2, 0) is 18.3 Å². The zero-order chi connectivity index (χ0) is 18.4. The zero-order valence-electron chi connectivity index (χ0n) is 15.3. The van der Waals surface area contributed by atoms with Crippen molar-refractivity contribution < 1.29 is 23.1 Å². The minimum Gasteiger partial charge on any atom is -0.444 e. The maximum atomic E-state index is 13.2. The lowest BCUT2D eigenvalue weighted by Crippen LogP contribution is -2.35. The highest BCUT2D eigenvalue weighted by atomic mass is 31.2. The molecule has 7 heteroatoms. The molecule has 0 aromatic heterocycles. The Hall–Kier alpha value is -1.36. The fourth-order valence-corrected chi connectivity index (χ4v) is 3.95. The number of aryl methyl sites for hydroxylation is 1. The summed E-state index contributed by atoms with van der Waals surface area (Å²) >= 11 is 0. The van der Waals surface area contributed by atoms with Crippen LogP contribution < -0.4 is 5.32 Å². The number of carbonyl (C=O) groups is 1. The van der Waals surface area contributed by atoms with Gasteiger partial charge in [0.1, 0.15) is 5.60 Å². The summed E-state index contributed by atoms with van der Waals surface area (Å²) in [5.74, 6) is -0.937. The highest BCUT2D eigenvalue weighted by molar-refractivity contribution is 7.54. The van der Waals surface area contributed by atoms with Crippen LogP contribution in [0.1, 0.15) is 51.5 Å². The van der Waals surface area contributed by atoms with Gasteiger partial charge in [0.25, 0.3) is 0 Å². The van der Waals surface area contributed by atoms with Gasteiger partial charge in [-0.1, -0.05) is 29.8 Å². The predicted octanol–water partition coefficient (Wildman–Crippen LogP) is 4.78. The predicted molar refractivity (Wildman–Crippen MR) is 94.1 cm³/mol. The maximum Gasteiger partial charge on any atom is 0.408 e. The molecule has 136 valence electrons. The van der Waals surface area contributed by atoms with Crippen molar-refractivity contribution >= 4 is 13.7 Å². The van der Waals surface area contributed by atoms with E-state index in [-0.39, 0.29) is 13.2 Å². The SMILES string of the molecule is CCOP(=O)(OCC)C(NC(=O)OC(C)(C)C)c1ccc(C)cc1. The standard InChI is InChI=1S/C17H28NO5P/c1-7-21-24(20,22-8-2)15(14-11-9-13(3)10-12-14)18-16(19)23-17(4,5)6/h9-12,15H,7-8H2,1-6H3,(H,18,19). The van der Waals surface area contributed by atoms with Crippen LogP contribution in [0.4, 0.5) is 4.79 Å². The van der Waals surface area contributed by atoms with Crippen LogP contribution in [-0.4, -0.2) is 24.9 Å². The second-order valence-electron chi connectivity index (χ2n) is 6.33. The third kappa shape index (κ3) is 6.27. The van der Waals surface area contributed by atoms with Crippen molar-refractivity contribution in [1.29, 1.82) is 0 Å². The first-order valence-electron chi connectivity index (χ1n) is 8.06. The number of nitrogens with one attached hydrogen (secondary N) is 1. The van der Waals surface area contributed by atoms with E-state index in [1.165, 1.54) is 0 Å². The molecule has 24 heavy (non-hydrogen) atoms. The first kappa shape index (κ1) is 20.7. The molecule has 6 nitrogen and oxygen atoms in total. The monoisotopic (exact) mass is 357 g/mol. The van der Waals surface area contributed by atoms with E-state index < -0.39 is 25.1 Å². The van der Waals surface area contributed by atoms with E-state index in [1.54, 1.807) is 46.8 Å². The van der Waals surface area contributed by atoms with Crippen molar-refractivity contribution in [1.82, 2.24) is 5.32 Å². The van der Waals surface area contributed by atoms with Crippen molar-refractivity contribution in [3.63, 3.8) is 0 Å². The first-order valence-corrected chi connectivity index (χ1v) is 9.67. The third-order valence-electron chi connectivity index (χ3n) is 2.98. The van der Waals surface area contributed by atoms with Gasteiger partial charge in [-0.3, -0.25) is 4.57 Å². The number of ether oxygens (including phenoxy) is 1. The number of amides is 1. The van der Waals surface area contributed by atoms with Gasteiger partial charge < -0.3 is 19.1 Å². The van der Waals surface area contributed by atoms with Gasteiger partial charge in [-0.15, -0.1) is 0 Å². The van der Waals surface area contributed by atoms with E-state index in [4.69, 9.17) is 13.8 Å². The molecule has 1 N–H and O–H groups in total. The molecule has 1 amide bonds. The van der Waals surface area contributed by atoms with E-state index >= 15 is 0 Å². The van der Waals surface area contributed by atoms with Crippen LogP contribution in [0.2, 0.25) is 0 Å². The second-order valence-corrected chi connectivity index (χ2v) is 8.45. The summed E-state index contributed by atoms with van der Waals surface area (Å²) in [5.41, 5.74) is 1.03. The number of alkyl carbamates (subject to hydrolysis) is 1. The fourth-order valence-electron chi connectivity index (χ4n) is 2.06. The molecule has 1 aromatic carbocycles. The Balaban J connectivity index is 3.17. The highest BCUT2D eigenvalue weighted by Gasteiger charge is 2.39. The van der Waals surface area contributed by atoms with Crippen molar-refractivity contribution in [3.8, 4) is 0 Å². The molecule has 0 radical (unpaired) electrons. The van der Waals surface area contributed by atoms with Crippen LogP contribution in [0.5, 0.6) is 0 Å². The molecule has 0 bridgehead atoms. The van der Waals surface area contributed by atoms with E-state index in [1.807, 2.05) is 19.1 Å². The van der Waals surface area contributed by atoms with Gasteiger partial charge in [0, 0.05) is 0 Å². The van der Waals surface area contributed by atoms with Crippen LogP contribution >= 0.6 is 7.60 Å². The van der Waals surface area contributed by atoms with Crippen molar-refractivity contribution in [2.45, 2.75) is 52.9 Å². The molecule has 0 heterocycles. The third-order valence-corrected chi connectivity index (χ3v) is 5.28. The lowest BCUT2D eigenvalue weighted by Gasteiger charge is -2.28. The van der Waals surface area contributed by atoms with E-state index in [2.05, 4.69) is 5.32 Å². The molecule has 0 fully saturated rings. The summed E-state index contributed by atoms with van der Waals surface area (Å²) in [7, 11) is -3.60. The molecule has 1 unspecified atom stereocenters. The fraction of sp³-hybridized carbons (Fsp3) is 0.588. The van der Waals surface area contributed by atoms with Crippen molar-refractivity contribution in [3.05, 3.63) is 35.4 Å². The van der Waals surface area contributed by atoms with Crippen LogP contribution in [0.15, 0.2) is 24.3 Å². The summed E-state index contributed by atoms with van der Waals surface area (Å²) < 4.78 is 29.3. The Morgan fingerprint density at radius 1 is 1.12 bits per heavy atom. The smallest absolute Gasteiger partial charge is 0.408 e. The molecule has 0 saturated carbocycles. The number of hydrogen-bond donors (Lipinski definition) is 1. The van der Waals surface area contributed by atoms with Crippen LogP contribution in [0.3, 0.4) is 0 Å². The van der Waals surface area contributed by atoms with Crippen LogP contribution in [0.25, 0.3) is 0 Å². The number of hydrogen-bond acceptors (Lipinski definition) is 5. The van der Waals surface area contributed by atoms with E-state index in [0.717, 1.165) is 5.56 Å². The topological polar surface area (TPSA) is 73.9 Å². The van der Waals surface area contributed by atoms with E-state index in [0.29, 0.717) is 5.56 Å². The van der Waals surface area contributed by atoms with Gasteiger partial charge in [0.15, 0.2) is 5.78 Å². The van der Waals surface area contributed by atoms with Gasteiger partial charge in [-0.2, -0.15) is 0 Å². The minimum atomic E-state index is -3.60. The van der Waals surface area contributed by atoms with Gasteiger partial charge in [-0.05, 0) is 47.1 Å². The average molecular weight is 357 g/mol. The molecule has 0 spiro atoms. The summed E-state index contributed by atoms with van der Waals surface area (Å²) in [5, 5.41) is 2.65. The molecule has 0 aliphatic rings. The molecule has 0 aliphatic carbocycles. The Morgan fingerprint density at radius 3 is 2.04 bits per heavy atom. The Morgan fingerprint density at radius 2 is 1.62 bits per heavy atom. The average Bonchev–Trinajstić information content (AvgIpc) is 2.44. The van der Waals surface area contributed by atoms with Gasteiger partial charge in [0.05, 0.1) is 13.2 Å². The second kappa shape index (κ2) is 8.65. The summed E-state index contributed by atoms with van der Waals surface area (Å²) in [6.07, 6.45) is -0.673. The Bertz CT molecular complexity index is 570. The molecule has 1 atom stereocenters. The minimum absolute atomic E-state index is 0.204. The van der Waals surface area contributed by atoms with Gasteiger partial charge in [0.2, 0.25) is 0 Å². The normalized spacial score (nSPS) is 13.4. The summed E-state index contributed by atoms with van der Waals surface area (Å²) in [6.45, 7) is 11.1. The van der Waals surface area contributed by atoms with Gasteiger partial charge in [-0.25, -0.2) is 4.79 Å². The summed E-state index contributed by atoms with van der Waals surface area (Å²) in [4.78, 5) is 12.2. The van der Waals surface area contributed by atoms with E-state index in [9.17, 15) is 9.36 Å². The molecule has 0 saturated heterocycles. The van der Waals surface area contributed by atoms with Crippen molar-refractivity contribution in [2.75, 3.05) is 13.2 Å². The molecule has 1 aromatic rings. The Labute approximate surface area is 144 Å². The molecular weight excluding hydrogens is 329 g/mol. The van der Waals surface area contributed by atoms with Crippen molar-refractivity contribution in [2.24, 2.45) is 0 Å². The maximum absolute atomic E-state index is 13.2. The number of rotatable bonds is 7.